The molecule has 2 atom stereocenters. The Morgan fingerprint density at radius 2 is 1.95 bits per heavy atom. The van der Waals surface area contributed by atoms with Gasteiger partial charge in [0.1, 0.15) is 0 Å². The summed E-state index contributed by atoms with van der Waals surface area (Å²) in [6.07, 6.45) is 2.20. The number of halogens is 1. The molecule has 19 heavy (non-hydrogen) atoms. The van der Waals surface area contributed by atoms with Crippen molar-refractivity contribution in [3.05, 3.63) is 56.7 Å². The molecule has 2 unspecified atom stereocenters. The highest BCUT2D eigenvalue weighted by atomic mass is 79.9. The Morgan fingerprint density at radius 3 is 2.53 bits per heavy atom. The summed E-state index contributed by atoms with van der Waals surface area (Å²) in [5, 5.41) is 8.11. The first-order chi connectivity index (χ1) is 9.19. The first-order valence-electron chi connectivity index (χ1n) is 6.71. The Balaban J connectivity index is 1.96. The van der Waals surface area contributed by atoms with Crippen LogP contribution in [0.5, 0.6) is 0 Å². The van der Waals surface area contributed by atoms with Crippen molar-refractivity contribution in [2.45, 2.75) is 38.8 Å². The highest BCUT2D eigenvalue weighted by Gasteiger charge is 2.12. The van der Waals surface area contributed by atoms with Crippen LogP contribution in [0.1, 0.15) is 37.4 Å². The van der Waals surface area contributed by atoms with Gasteiger partial charge in [-0.3, -0.25) is 0 Å². The number of nitrogens with one attached hydrogen (secondary N) is 1. The van der Waals surface area contributed by atoms with Crippen molar-refractivity contribution in [2.75, 3.05) is 0 Å². The van der Waals surface area contributed by atoms with Gasteiger partial charge in [-0.2, -0.15) is 11.3 Å². The fourth-order valence-corrected chi connectivity index (χ4v) is 3.26. The van der Waals surface area contributed by atoms with E-state index in [0.29, 0.717) is 12.1 Å². The molecule has 0 amide bonds. The van der Waals surface area contributed by atoms with E-state index in [0.717, 1.165) is 17.3 Å². The molecule has 0 saturated carbocycles. The normalized spacial score (nSPS) is 14.3. The molecule has 102 valence electrons. The Hall–Kier alpha value is -0.640. The van der Waals surface area contributed by atoms with Crippen LogP contribution in [0.25, 0.3) is 0 Å². The van der Waals surface area contributed by atoms with E-state index in [1.54, 1.807) is 11.3 Å². The minimum absolute atomic E-state index is 0.432. The maximum Gasteiger partial charge on any atom is 0.0320 e. The maximum atomic E-state index is 3.73. The third-order valence-electron chi connectivity index (χ3n) is 3.29. The van der Waals surface area contributed by atoms with E-state index in [4.69, 9.17) is 0 Å². The van der Waals surface area contributed by atoms with Crippen molar-refractivity contribution in [2.24, 2.45) is 0 Å². The van der Waals surface area contributed by atoms with Crippen LogP contribution in [0.2, 0.25) is 0 Å². The minimum Gasteiger partial charge on any atom is -0.307 e. The summed E-state index contributed by atoms with van der Waals surface area (Å²) in [6, 6.07) is 11.8. The average Bonchev–Trinajstić information content (AvgIpc) is 2.90. The summed E-state index contributed by atoms with van der Waals surface area (Å²) < 4.78 is 1.14. The number of hydrogen-bond donors (Lipinski definition) is 1. The molecule has 0 radical (unpaired) electrons. The van der Waals surface area contributed by atoms with Crippen LogP contribution in [0.15, 0.2) is 45.6 Å². The third kappa shape index (κ3) is 4.44. The van der Waals surface area contributed by atoms with Gasteiger partial charge in [-0.15, -0.1) is 0 Å². The lowest BCUT2D eigenvalue weighted by atomic mass is 10.0. The van der Waals surface area contributed by atoms with E-state index in [1.807, 2.05) is 0 Å². The summed E-state index contributed by atoms with van der Waals surface area (Å²) in [5.74, 6) is 0. The largest absolute Gasteiger partial charge is 0.307 e. The second-order valence-electron chi connectivity index (χ2n) is 4.92. The fraction of sp³-hybridized carbons (Fsp3) is 0.375. The molecule has 2 aromatic rings. The molecule has 0 spiro atoms. The first kappa shape index (κ1) is 14.8. The van der Waals surface area contributed by atoms with E-state index in [1.165, 1.54) is 11.1 Å². The summed E-state index contributed by atoms with van der Waals surface area (Å²) >= 11 is 5.26. The van der Waals surface area contributed by atoms with Crippen molar-refractivity contribution in [1.82, 2.24) is 5.32 Å². The number of rotatable bonds is 6. The molecule has 3 heteroatoms. The lowest BCUT2D eigenvalue weighted by Gasteiger charge is -2.22. The van der Waals surface area contributed by atoms with Gasteiger partial charge in [0.05, 0.1) is 0 Å². The molecule has 0 aliphatic heterocycles. The SMILES string of the molecule is CCC(NC(C)Cc1ccsc1)c1ccc(Br)cc1. The monoisotopic (exact) mass is 337 g/mol. The number of benzene rings is 1. The summed E-state index contributed by atoms with van der Waals surface area (Å²) in [6.45, 7) is 4.50. The van der Waals surface area contributed by atoms with Crippen molar-refractivity contribution in [1.29, 1.82) is 0 Å². The van der Waals surface area contributed by atoms with E-state index in [-0.39, 0.29) is 0 Å². The van der Waals surface area contributed by atoms with Gasteiger partial charge in [0, 0.05) is 16.6 Å². The van der Waals surface area contributed by atoms with Crippen molar-refractivity contribution in [3.8, 4) is 0 Å². The average molecular weight is 338 g/mol. The van der Waals surface area contributed by atoms with Crippen LogP contribution in [-0.2, 0) is 6.42 Å². The number of thiophene rings is 1. The van der Waals surface area contributed by atoms with Crippen LogP contribution in [0, 0.1) is 0 Å². The second kappa shape index (κ2) is 7.22. The van der Waals surface area contributed by atoms with Gasteiger partial charge in [0.25, 0.3) is 0 Å². The lowest BCUT2D eigenvalue weighted by molar-refractivity contribution is 0.444. The third-order valence-corrected chi connectivity index (χ3v) is 4.55. The number of hydrogen-bond acceptors (Lipinski definition) is 2. The van der Waals surface area contributed by atoms with Gasteiger partial charge < -0.3 is 5.32 Å². The molecule has 2 rings (SSSR count). The molecule has 1 nitrogen and oxygen atoms in total. The molecule has 0 bridgehead atoms. The zero-order valence-electron chi connectivity index (χ0n) is 11.4. The molecule has 0 fully saturated rings. The summed E-state index contributed by atoms with van der Waals surface area (Å²) in [7, 11) is 0. The predicted octanol–water partition coefficient (Wildman–Crippen LogP) is 5.18. The minimum atomic E-state index is 0.432. The highest BCUT2D eigenvalue weighted by molar-refractivity contribution is 9.10. The molecule has 1 heterocycles. The quantitative estimate of drug-likeness (QED) is 0.765. The standard InChI is InChI=1S/C16H20BrNS/c1-3-16(14-4-6-15(17)7-5-14)18-12(2)10-13-8-9-19-11-13/h4-9,11-12,16,18H,3,10H2,1-2H3. The molecule has 1 aromatic heterocycles. The van der Waals surface area contributed by atoms with Crippen molar-refractivity contribution < 1.29 is 0 Å². The van der Waals surface area contributed by atoms with Crippen LogP contribution in [-0.4, -0.2) is 6.04 Å². The van der Waals surface area contributed by atoms with E-state index in [9.17, 15) is 0 Å². The predicted molar refractivity (Wildman–Crippen MR) is 87.8 cm³/mol. The van der Waals surface area contributed by atoms with Crippen LogP contribution in [0.3, 0.4) is 0 Å². The molecule has 1 N–H and O–H groups in total. The molecular formula is C16H20BrNS. The molecule has 0 aliphatic rings. The molecule has 1 aromatic carbocycles. The van der Waals surface area contributed by atoms with Crippen LogP contribution in [0.4, 0.5) is 0 Å². The molecular weight excluding hydrogens is 318 g/mol. The molecule has 0 saturated heterocycles. The van der Waals surface area contributed by atoms with Gasteiger partial charge >= 0.3 is 0 Å². The Bertz CT molecular complexity index is 478. The highest BCUT2D eigenvalue weighted by Crippen LogP contribution is 2.20. The van der Waals surface area contributed by atoms with Gasteiger partial charge in [-0.25, -0.2) is 0 Å². The Labute approximate surface area is 128 Å². The maximum absolute atomic E-state index is 3.73. The van der Waals surface area contributed by atoms with Gasteiger partial charge in [0.2, 0.25) is 0 Å². The topological polar surface area (TPSA) is 12.0 Å². The second-order valence-corrected chi connectivity index (χ2v) is 6.61. The Kier molecular flexibility index (Phi) is 5.61. The first-order valence-corrected chi connectivity index (χ1v) is 8.45. The van der Waals surface area contributed by atoms with Crippen LogP contribution < -0.4 is 5.32 Å². The van der Waals surface area contributed by atoms with Gasteiger partial charge in [-0.05, 0) is 59.9 Å². The van der Waals surface area contributed by atoms with Crippen molar-refractivity contribution in [3.63, 3.8) is 0 Å². The molecule has 0 aliphatic carbocycles. The fourth-order valence-electron chi connectivity index (χ4n) is 2.31. The van der Waals surface area contributed by atoms with E-state index >= 15 is 0 Å². The Morgan fingerprint density at radius 1 is 1.21 bits per heavy atom. The lowest BCUT2D eigenvalue weighted by Crippen LogP contribution is -2.31. The summed E-state index contributed by atoms with van der Waals surface area (Å²) in [4.78, 5) is 0. The zero-order valence-corrected chi connectivity index (χ0v) is 13.8. The summed E-state index contributed by atoms with van der Waals surface area (Å²) in [5.41, 5.74) is 2.79. The van der Waals surface area contributed by atoms with E-state index < -0.39 is 0 Å². The smallest absolute Gasteiger partial charge is 0.0320 e. The van der Waals surface area contributed by atoms with Crippen LogP contribution >= 0.6 is 27.3 Å². The van der Waals surface area contributed by atoms with Gasteiger partial charge in [-0.1, -0.05) is 35.0 Å². The van der Waals surface area contributed by atoms with Gasteiger partial charge in [0.15, 0.2) is 0 Å². The zero-order chi connectivity index (χ0) is 13.7. The van der Waals surface area contributed by atoms with E-state index in [2.05, 4.69) is 76.2 Å². The van der Waals surface area contributed by atoms with Crippen molar-refractivity contribution >= 4 is 27.3 Å².